The summed E-state index contributed by atoms with van der Waals surface area (Å²) in [6.45, 7) is 4.75. The van der Waals surface area contributed by atoms with Gasteiger partial charge in [-0.2, -0.15) is 0 Å². The second-order valence-electron chi connectivity index (χ2n) is 14.4. The summed E-state index contributed by atoms with van der Waals surface area (Å²) in [4.78, 5) is 13.5. The first-order valence-corrected chi connectivity index (χ1v) is 18.1. The first kappa shape index (κ1) is 31.0. The smallest absolute Gasteiger partial charge is 0.0543 e. The molecule has 53 heavy (non-hydrogen) atoms. The molecule has 0 saturated carbocycles. The molecule has 0 amide bonds. The molecule has 9 aromatic rings. The molecule has 0 fully saturated rings. The maximum Gasteiger partial charge on any atom is 0.0543 e. The highest BCUT2D eigenvalue weighted by Crippen LogP contribution is 2.55. The van der Waals surface area contributed by atoms with Gasteiger partial charge in [0.2, 0.25) is 0 Å². The summed E-state index contributed by atoms with van der Waals surface area (Å²) < 4.78 is 0. The second kappa shape index (κ2) is 12.2. The predicted octanol–water partition coefficient (Wildman–Crippen LogP) is 13.2. The molecule has 2 heterocycles. The maximum atomic E-state index is 4.38. The third-order valence-corrected chi connectivity index (χ3v) is 11.0. The van der Waals surface area contributed by atoms with Crippen LogP contribution in [0.5, 0.6) is 0 Å². The zero-order chi connectivity index (χ0) is 35.5. The summed E-state index contributed by atoms with van der Waals surface area (Å²) in [6.07, 6.45) is 7.50. The fraction of sp³-hybridized carbons (Fsp3) is 0.0612. The van der Waals surface area contributed by atoms with Crippen LogP contribution in [0.2, 0.25) is 0 Å². The molecule has 7 aromatic carbocycles. The highest BCUT2D eigenvalue weighted by atomic mass is 15.2. The normalized spacial score (nSPS) is 12.9. The molecular formula is C49H36N4. The van der Waals surface area contributed by atoms with Crippen LogP contribution in [0.25, 0.3) is 43.4 Å². The SMILES string of the molecule is CC1(C)c2cc(N(c3ccncc3)c3ccc4ccccc4c3)ccc2-c2c1cc(N(c1ccncc1)c1ccc3ccccc3c1)c1ccccc21. The van der Waals surface area contributed by atoms with E-state index in [0.29, 0.717) is 0 Å². The number of pyridine rings is 2. The van der Waals surface area contributed by atoms with Gasteiger partial charge in [-0.25, -0.2) is 0 Å². The van der Waals surface area contributed by atoms with Crippen LogP contribution in [0.1, 0.15) is 25.0 Å². The number of anilines is 6. The molecule has 0 unspecified atom stereocenters. The Bertz CT molecular complexity index is 2830. The third-order valence-electron chi connectivity index (χ3n) is 11.0. The summed E-state index contributed by atoms with van der Waals surface area (Å²) in [5, 5.41) is 7.32. The Balaban J connectivity index is 1.17. The minimum absolute atomic E-state index is 0.278. The van der Waals surface area contributed by atoms with E-state index in [2.05, 4.69) is 191 Å². The average molecular weight is 681 g/mol. The van der Waals surface area contributed by atoms with Gasteiger partial charge in [-0.05, 0) is 116 Å². The molecule has 0 saturated heterocycles. The highest BCUT2D eigenvalue weighted by molar-refractivity contribution is 6.10. The maximum absolute atomic E-state index is 4.38. The van der Waals surface area contributed by atoms with Gasteiger partial charge < -0.3 is 9.80 Å². The van der Waals surface area contributed by atoms with Crippen LogP contribution < -0.4 is 9.80 Å². The quantitative estimate of drug-likeness (QED) is 0.175. The van der Waals surface area contributed by atoms with Crippen molar-refractivity contribution < 1.29 is 0 Å². The van der Waals surface area contributed by atoms with Gasteiger partial charge in [0.1, 0.15) is 0 Å². The Hall–Kier alpha value is -6.78. The van der Waals surface area contributed by atoms with Crippen molar-refractivity contribution >= 4 is 66.4 Å². The van der Waals surface area contributed by atoms with Crippen molar-refractivity contribution in [3.8, 4) is 11.1 Å². The van der Waals surface area contributed by atoms with Crippen LogP contribution >= 0.6 is 0 Å². The Morgan fingerprint density at radius 3 is 1.51 bits per heavy atom. The molecule has 4 nitrogen and oxygen atoms in total. The van der Waals surface area contributed by atoms with Crippen molar-refractivity contribution in [1.82, 2.24) is 9.97 Å². The lowest BCUT2D eigenvalue weighted by Crippen LogP contribution is -2.18. The van der Waals surface area contributed by atoms with Crippen molar-refractivity contribution in [1.29, 1.82) is 0 Å². The molecule has 1 aliphatic rings. The van der Waals surface area contributed by atoms with Crippen LogP contribution in [-0.4, -0.2) is 9.97 Å². The van der Waals surface area contributed by atoms with E-state index in [1.54, 1.807) is 0 Å². The number of nitrogens with zero attached hydrogens (tertiary/aromatic N) is 4. The summed E-state index contributed by atoms with van der Waals surface area (Å²) >= 11 is 0. The van der Waals surface area contributed by atoms with Crippen molar-refractivity contribution in [2.45, 2.75) is 19.3 Å². The lowest BCUT2D eigenvalue weighted by atomic mass is 9.81. The Kier molecular flexibility index (Phi) is 7.12. The minimum atomic E-state index is -0.278. The van der Waals surface area contributed by atoms with Gasteiger partial charge in [-0.15, -0.1) is 0 Å². The van der Waals surface area contributed by atoms with E-state index < -0.39 is 0 Å². The summed E-state index contributed by atoms with van der Waals surface area (Å²) in [6, 6.07) is 57.3. The van der Waals surface area contributed by atoms with Gasteiger partial charge in [0.25, 0.3) is 0 Å². The van der Waals surface area contributed by atoms with Crippen molar-refractivity contribution in [3.05, 3.63) is 194 Å². The van der Waals surface area contributed by atoms with Crippen molar-refractivity contribution in [3.63, 3.8) is 0 Å². The standard InChI is InChI=1S/C49H36N4/c1-49(2)45-31-41(52(37-21-25-50-26-22-37)39-17-15-33-9-3-5-11-35(33)29-39)19-20-44(45)48-43-14-8-7-13-42(43)47(32-46(48)49)53(38-23-27-51-28-24-38)40-18-16-34-10-4-6-12-36(34)30-40/h3-32H,1-2H3. The van der Waals surface area contributed by atoms with Gasteiger partial charge in [0, 0.05) is 64.0 Å². The fourth-order valence-corrected chi connectivity index (χ4v) is 8.37. The molecule has 0 aliphatic heterocycles. The number of fused-ring (bicyclic) bond motifs is 7. The van der Waals surface area contributed by atoms with E-state index in [4.69, 9.17) is 0 Å². The second-order valence-corrected chi connectivity index (χ2v) is 14.4. The minimum Gasteiger partial charge on any atom is -0.310 e. The molecule has 0 atom stereocenters. The highest BCUT2D eigenvalue weighted by Gasteiger charge is 2.38. The third kappa shape index (κ3) is 5.06. The molecule has 2 aromatic heterocycles. The van der Waals surface area contributed by atoms with E-state index >= 15 is 0 Å². The Morgan fingerprint density at radius 1 is 0.396 bits per heavy atom. The van der Waals surface area contributed by atoms with Crippen LogP contribution in [0.4, 0.5) is 34.1 Å². The van der Waals surface area contributed by atoms with Gasteiger partial charge in [0.05, 0.1) is 5.69 Å². The van der Waals surface area contributed by atoms with Gasteiger partial charge >= 0.3 is 0 Å². The number of hydrogen-bond acceptors (Lipinski definition) is 4. The molecule has 0 bridgehead atoms. The number of benzene rings is 7. The first-order chi connectivity index (χ1) is 26.0. The zero-order valence-electron chi connectivity index (χ0n) is 29.6. The summed E-state index contributed by atoms with van der Waals surface area (Å²) in [5.41, 5.74) is 11.6. The van der Waals surface area contributed by atoms with Crippen LogP contribution in [0.3, 0.4) is 0 Å². The first-order valence-electron chi connectivity index (χ1n) is 18.1. The molecule has 0 spiro atoms. The largest absolute Gasteiger partial charge is 0.310 e. The van der Waals surface area contributed by atoms with Crippen LogP contribution in [0.15, 0.2) is 183 Å². The summed E-state index contributed by atoms with van der Waals surface area (Å²) in [7, 11) is 0. The molecule has 4 heteroatoms. The van der Waals surface area contributed by atoms with Crippen LogP contribution in [0, 0.1) is 0 Å². The Labute approximate surface area is 309 Å². The molecule has 0 radical (unpaired) electrons. The van der Waals surface area contributed by atoms with Gasteiger partial charge in [-0.3, -0.25) is 9.97 Å². The average Bonchev–Trinajstić information content (AvgIpc) is 3.44. The van der Waals surface area contributed by atoms with Gasteiger partial charge in [0.15, 0.2) is 0 Å². The number of rotatable bonds is 6. The van der Waals surface area contributed by atoms with Gasteiger partial charge in [-0.1, -0.05) is 105 Å². The Morgan fingerprint density at radius 2 is 0.887 bits per heavy atom. The van der Waals surface area contributed by atoms with E-state index in [0.717, 1.165) is 34.1 Å². The monoisotopic (exact) mass is 680 g/mol. The lowest BCUT2D eigenvalue weighted by molar-refractivity contribution is 0.661. The van der Waals surface area contributed by atoms with E-state index in [-0.39, 0.29) is 5.41 Å². The number of hydrogen-bond donors (Lipinski definition) is 0. The molecule has 10 rings (SSSR count). The topological polar surface area (TPSA) is 32.3 Å². The van der Waals surface area contributed by atoms with Crippen molar-refractivity contribution in [2.75, 3.05) is 9.80 Å². The van der Waals surface area contributed by atoms with E-state index in [9.17, 15) is 0 Å². The number of aromatic nitrogens is 2. The molecule has 252 valence electrons. The molecule has 0 N–H and O–H groups in total. The summed E-state index contributed by atoms with van der Waals surface area (Å²) in [5.74, 6) is 0. The molecular weight excluding hydrogens is 645 g/mol. The van der Waals surface area contributed by atoms with Crippen molar-refractivity contribution in [2.24, 2.45) is 0 Å². The fourth-order valence-electron chi connectivity index (χ4n) is 8.37. The predicted molar refractivity (Wildman–Crippen MR) is 221 cm³/mol. The van der Waals surface area contributed by atoms with E-state index in [1.807, 2.05) is 24.8 Å². The zero-order valence-corrected chi connectivity index (χ0v) is 29.6. The van der Waals surface area contributed by atoms with Crippen LogP contribution in [-0.2, 0) is 5.41 Å². The van der Waals surface area contributed by atoms with E-state index in [1.165, 1.54) is 54.6 Å². The molecule has 1 aliphatic carbocycles. The lowest BCUT2D eigenvalue weighted by Gasteiger charge is -2.30.